The molecule has 1 aromatic rings. The zero-order valence-electron chi connectivity index (χ0n) is 5.73. The van der Waals surface area contributed by atoms with Gasteiger partial charge >= 0.3 is 0 Å². The van der Waals surface area contributed by atoms with Crippen molar-refractivity contribution in [3.05, 3.63) is 28.5 Å². The van der Waals surface area contributed by atoms with E-state index in [1.165, 1.54) is 6.07 Å². The Labute approximate surface area is 68.7 Å². The van der Waals surface area contributed by atoms with Crippen LogP contribution in [0.3, 0.4) is 0 Å². The third-order valence-electron chi connectivity index (χ3n) is 1.73. The van der Waals surface area contributed by atoms with Crippen molar-refractivity contribution >= 4 is 11.6 Å². The SMILES string of the molecule is Fc1cc2c(cc1Cl)CCO2. The summed E-state index contributed by atoms with van der Waals surface area (Å²) in [5.41, 5.74) is 0.997. The zero-order valence-corrected chi connectivity index (χ0v) is 6.49. The number of fused-ring (bicyclic) bond motifs is 1. The number of rotatable bonds is 0. The molecule has 1 aliphatic heterocycles. The summed E-state index contributed by atoms with van der Waals surface area (Å²) in [5, 5.41) is 0.175. The number of hydrogen-bond acceptors (Lipinski definition) is 1. The molecule has 0 radical (unpaired) electrons. The van der Waals surface area contributed by atoms with E-state index in [4.69, 9.17) is 16.3 Å². The minimum atomic E-state index is -0.410. The van der Waals surface area contributed by atoms with Gasteiger partial charge in [-0.1, -0.05) is 11.6 Å². The number of hydrogen-bond donors (Lipinski definition) is 0. The Bertz CT molecular complexity index is 269. The minimum Gasteiger partial charge on any atom is -0.493 e. The maximum Gasteiger partial charge on any atom is 0.145 e. The van der Waals surface area contributed by atoms with Gasteiger partial charge in [0.1, 0.15) is 11.6 Å². The monoisotopic (exact) mass is 172 g/mol. The van der Waals surface area contributed by atoms with Crippen LogP contribution < -0.4 is 4.74 Å². The molecule has 1 heterocycles. The Hall–Kier alpha value is -0.760. The largest absolute Gasteiger partial charge is 0.493 e. The van der Waals surface area contributed by atoms with Crippen molar-refractivity contribution in [1.82, 2.24) is 0 Å². The van der Waals surface area contributed by atoms with Gasteiger partial charge in [-0.15, -0.1) is 0 Å². The Kier molecular flexibility index (Phi) is 1.50. The summed E-state index contributed by atoms with van der Waals surface area (Å²) in [7, 11) is 0. The molecule has 0 spiro atoms. The van der Waals surface area contributed by atoms with Crippen LogP contribution in [0.2, 0.25) is 5.02 Å². The summed E-state index contributed by atoms with van der Waals surface area (Å²) < 4.78 is 17.9. The minimum absolute atomic E-state index is 0.175. The molecule has 0 saturated heterocycles. The lowest BCUT2D eigenvalue weighted by Crippen LogP contribution is -1.86. The predicted octanol–water partition coefficient (Wildman–Crippen LogP) is 2.41. The van der Waals surface area contributed by atoms with Gasteiger partial charge in [0, 0.05) is 12.5 Å². The van der Waals surface area contributed by atoms with Gasteiger partial charge in [-0.05, 0) is 11.6 Å². The highest BCUT2D eigenvalue weighted by molar-refractivity contribution is 6.30. The molecule has 1 nitrogen and oxygen atoms in total. The van der Waals surface area contributed by atoms with E-state index < -0.39 is 5.82 Å². The molecule has 0 aromatic heterocycles. The second kappa shape index (κ2) is 2.38. The summed E-state index contributed by atoms with van der Waals surface area (Å²) >= 11 is 5.56. The van der Waals surface area contributed by atoms with Crippen molar-refractivity contribution in [2.75, 3.05) is 6.61 Å². The second-order valence-corrected chi connectivity index (χ2v) is 2.88. The quantitative estimate of drug-likeness (QED) is 0.584. The van der Waals surface area contributed by atoms with Crippen LogP contribution in [-0.2, 0) is 6.42 Å². The Morgan fingerprint density at radius 3 is 3.09 bits per heavy atom. The Morgan fingerprint density at radius 1 is 1.45 bits per heavy atom. The van der Waals surface area contributed by atoms with Gasteiger partial charge in [-0.3, -0.25) is 0 Å². The van der Waals surface area contributed by atoms with E-state index in [0.717, 1.165) is 12.0 Å². The van der Waals surface area contributed by atoms with Crippen molar-refractivity contribution < 1.29 is 9.13 Å². The van der Waals surface area contributed by atoms with Gasteiger partial charge in [-0.25, -0.2) is 4.39 Å². The topological polar surface area (TPSA) is 9.23 Å². The molecule has 0 amide bonds. The summed E-state index contributed by atoms with van der Waals surface area (Å²) in [5.74, 6) is 0.221. The van der Waals surface area contributed by atoms with Crippen molar-refractivity contribution in [2.24, 2.45) is 0 Å². The summed E-state index contributed by atoms with van der Waals surface area (Å²) in [6.07, 6.45) is 0.829. The molecule has 0 fully saturated rings. The van der Waals surface area contributed by atoms with Crippen molar-refractivity contribution in [3.8, 4) is 5.75 Å². The Morgan fingerprint density at radius 2 is 2.27 bits per heavy atom. The lowest BCUT2D eigenvalue weighted by Gasteiger charge is -1.99. The van der Waals surface area contributed by atoms with Crippen LogP contribution in [0.15, 0.2) is 12.1 Å². The molecule has 2 rings (SSSR count). The standard InChI is InChI=1S/C8H6ClFO/c9-6-3-5-1-2-11-8(5)4-7(6)10/h3-4H,1-2H2. The lowest BCUT2D eigenvalue weighted by molar-refractivity contribution is 0.355. The average molecular weight is 173 g/mol. The first kappa shape index (κ1) is 6.92. The van der Waals surface area contributed by atoms with Gasteiger partial charge in [0.15, 0.2) is 0 Å². The van der Waals surface area contributed by atoms with Crippen LogP contribution >= 0.6 is 11.6 Å². The molecule has 0 saturated carbocycles. The van der Waals surface area contributed by atoms with Crippen molar-refractivity contribution in [2.45, 2.75) is 6.42 Å². The predicted molar refractivity (Wildman–Crippen MR) is 40.6 cm³/mol. The molecule has 0 atom stereocenters. The van der Waals surface area contributed by atoms with E-state index in [1.807, 2.05) is 0 Å². The molecule has 0 N–H and O–H groups in total. The fourth-order valence-electron chi connectivity index (χ4n) is 1.17. The second-order valence-electron chi connectivity index (χ2n) is 2.47. The van der Waals surface area contributed by atoms with E-state index in [1.54, 1.807) is 6.07 Å². The first-order chi connectivity index (χ1) is 5.27. The smallest absolute Gasteiger partial charge is 0.145 e. The lowest BCUT2D eigenvalue weighted by atomic mass is 10.2. The van der Waals surface area contributed by atoms with Crippen LogP contribution in [0, 0.1) is 5.82 Å². The van der Waals surface area contributed by atoms with Crippen LogP contribution in [0.4, 0.5) is 4.39 Å². The van der Waals surface area contributed by atoms with E-state index in [2.05, 4.69) is 0 Å². The van der Waals surface area contributed by atoms with E-state index in [-0.39, 0.29) is 5.02 Å². The third-order valence-corrected chi connectivity index (χ3v) is 2.02. The fourth-order valence-corrected chi connectivity index (χ4v) is 1.36. The van der Waals surface area contributed by atoms with E-state index in [9.17, 15) is 4.39 Å². The van der Waals surface area contributed by atoms with Crippen molar-refractivity contribution in [1.29, 1.82) is 0 Å². The van der Waals surface area contributed by atoms with E-state index in [0.29, 0.717) is 12.4 Å². The molecule has 58 valence electrons. The van der Waals surface area contributed by atoms with Crippen LogP contribution in [0.5, 0.6) is 5.75 Å². The van der Waals surface area contributed by atoms with Gasteiger partial charge in [0.2, 0.25) is 0 Å². The van der Waals surface area contributed by atoms with Crippen LogP contribution in [-0.4, -0.2) is 6.61 Å². The van der Waals surface area contributed by atoms with Crippen molar-refractivity contribution in [3.63, 3.8) is 0 Å². The fraction of sp³-hybridized carbons (Fsp3) is 0.250. The van der Waals surface area contributed by atoms with Crippen LogP contribution in [0.1, 0.15) is 5.56 Å². The van der Waals surface area contributed by atoms with Gasteiger partial charge in [0.25, 0.3) is 0 Å². The molecule has 1 aromatic carbocycles. The highest BCUT2D eigenvalue weighted by Gasteiger charge is 2.14. The molecule has 0 aliphatic carbocycles. The summed E-state index contributed by atoms with van der Waals surface area (Å²) in [4.78, 5) is 0. The number of ether oxygens (including phenoxy) is 1. The van der Waals surface area contributed by atoms with Gasteiger partial charge in [0.05, 0.1) is 11.6 Å². The first-order valence-corrected chi connectivity index (χ1v) is 3.76. The highest BCUT2D eigenvalue weighted by Crippen LogP contribution is 2.29. The molecular formula is C8H6ClFO. The molecule has 1 aliphatic rings. The maximum atomic E-state index is 12.8. The number of halogens is 2. The summed E-state index contributed by atoms with van der Waals surface area (Å²) in [6.45, 7) is 0.634. The Balaban J connectivity index is 2.57. The molecule has 3 heteroatoms. The van der Waals surface area contributed by atoms with E-state index >= 15 is 0 Å². The highest BCUT2D eigenvalue weighted by atomic mass is 35.5. The average Bonchev–Trinajstić information content (AvgIpc) is 2.36. The normalized spacial score (nSPS) is 14.4. The van der Waals surface area contributed by atoms with Crippen LogP contribution in [0.25, 0.3) is 0 Å². The summed E-state index contributed by atoms with van der Waals surface area (Å²) in [6, 6.07) is 2.96. The molecular weight excluding hydrogens is 167 g/mol. The number of benzene rings is 1. The first-order valence-electron chi connectivity index (χ1n) is 3.38. The molecule has 0 unspecified atom stereocenters. The van der Waals surface area contributed by atoms with Gasteiger partial charge in [-0.2, -0.15) is 0 Å². The maximum absolute atomic E-state index is 12.8. The van der Waals surface area contributed by atoms with Gasteiger partial charge < -0.3 is 4.74 Å². The third kappa shape index (κ3) is 1.07. The molecule has 11 heavy (non-hydrogen) atoms. The molecule has 0 bridgehead atoms. The zero-order chi connectivity index (χ0) is 7.84.